The third-order valence-electron chi connectivity index (χ3n) is 4.91. The highest BCUT2D eigenvalue weighted by molar-refractivity contribution is 6.30. The Morgan fingerprint density at radius 2 is 2.04 bits per heavy atom. The van der Waals surface area contributed by atoms with Crippen molar-refractivity contribution in [3.05, 3.63) is 16.4 Å². The topological polar surface area (TPSA) is 53.8 Å². The van der Waals surface area contributed by atoms with E-state index in [2.05, 4.69) is 14.9 Å². The van der Waals surface area contributed by atoms with E-state index in [1.165, 1.54) is 0 Å². The number of rotatable bonds is 5. The molecular formula is C16H27ClN4O2. The van der Waals surface area contributed by atoms with Gasteiger partial charge in [0, 0.05) is 44.8 Å². The monoisotopic (exact) mass is 342 g/mol. The molecular weight excluding hydrogens is 316 g/mol. The van der Waals surface area contributed by atoms with Crippen LogP contribution in [0.1, 0.15) is 30.1 Å². The summed E-state index contributed by atoms with van der Waals surface area (Å²) in [5.41, 5.74) is 2.13. The number of likely N-dealkylation sites (tertiary alicyclic amines) is 1. The summed E-state index contributed by atoms with van der Waals surface area (Å²) < 4.78 is 7.10. The molecule has 0 amide bonds. The lowest BCUT2D eigenvalue weighted by atomic mass is 10.1. The maximum Gasteiger partial charge on any atom is 0.131 e. The van der Waals surface area contributed by atoms with E-state index in [-0.39, 0.29) is 12.1 Å². The molecule has 23 heavy (non-hydrogen) atoms. The first-order valence-electron chi connectivity index (χ1n) is 8.47. The molecule has 130 valence electrons. The molecule has 2 atom stereocenters. The summed E-state index contributed by atoms with van der Waals surface area (Å²) in [4.78, 5) is 4.64. The van der Waals surface area contributed by atoms with Crippen LogP contribution in [-0.2, 0) is 11.8 Å². The van der Waals surface area contributed by atoms with Gasteiger partial charge in [0.2, 0.25) is 0 Å². The number of β-amino-alcohol motifs (C(OH)–C–C–N with tert-alkyl or cyclic N) is 1. The molecule has 3 rings (SSSR count). The van der Waals surface area contributed by atoms with Crippen LogP contribution in [0.15, 0.2) is 0 Å². The maximum atomic E-state index is 10.5. The first kappa shape index (κ1) is 17.2. The van der Waals surface area contributed by atoms with Crippen LogP contribution in [-0.4, -0.2) is 76.7 Å². The molecule has 0 saturated carbocycles. The summed E-state index contributed by atoms with van der Waals surface area (Å²) in [5, 5.41) is 15.7. The molecule has 0 unspecified atom stereocenters. The summed E-state index contributed by atoms with van der Waals surface area (Å²) in [6.45, 7) is 7.78. The van der Waals surface area contributed by atoms with Gasteiger partial charge >= 0.3 is 0 Å². The summed E-state index contributed by atoms with van der Waals surface area (Å²) in [6.07, 6.45) is 1.88. The summed E-state index contributed by atoms with van der Waals surface area (Å²) in [7, 11) is 1.88. The van der Waals surface area contributed by atoms with Crippen LogP contribution in [0.25, 0.3) is 0 Å². The molecule has 2 fully saturated rings. The number of hydrogen-bond donors (Lipinski definition) is 1. The van der Waals surface area contributed by atoms with E-state index in [0.717, 1.165) is 62.1 Å². The van der Waals surface area contributed by atoms with Gasteiger partial charge in [-0.1, -0.05) is 11.6 Å². The van der Waals surface area contributed by atoms with E-state index >= 15 is 0 Å². The maximum absolute atomic E-state index is 10.5. The third kappa shape index (κ3) is 3.88. The molecule has 2 aliphatic heterocycles. The van der Waals surface area contributed by atoms with E-state index in [9.17, 15) is 5.11 Å². The smallest absolute Gasteiger partial charge is 0.131 e. The van der Waals surface area contributed by atoms with Crippen LogP contribution < -0.4 is 0 Å². The van der Waals surface area contributed by atoms with Crippen molar-refractivity contribution in [3.8, 4) is 0 Å². The largest absolute Gasteiger partial charge is 0.390 e. The average Bonchev–Trinajstić information content (AvgIpc) is 3.05. The summed E-state index contributed by atoms with van der Waals surface area (Å²) in [6, 6.07) is 0.274. The number of aliphatic hydroxyl groups is 1. The predicted octanol–water partition coefficient (Wildman–Crippen LogP) is 1.21. The standard InChI is InChI=1S/C16H27ClN4O2/c1-12-15(16(17)19(2)18-12)14-4-3-5-21(14)11-13(22)10-20-6-8-23-9-7-20/h13-14,22H,3-11H2,1-2H3/t13-,14-/m0/s1. The zero-order valence-corrected chi connectivity index (χ0v) is 14.8. The molecule has 2 saturated heterocycles. The summed E-state index contributed by atoms with van der Waals surface area (Å²) in [5.74, 6) is 0. The Bertz CT molecular complexity index is 530. The minimum Gasteiger partial charge on any atom is -0.390 e. The number of nitrogens with zero attached hydrogens (tertiary/aromatic N) is 4. The van der Waals surface area contributed by atoms with Crippen molar-refractivity contribution in [2.24, 2.45) is 7.05 Å². The predicted molar refractivity (Wildman–Crippen MR) is 89.8 cm³/mol. The molecule has 1 aromatic rings. The Morgan fingerprint density at radius 3 is 2.70 bits per heavy atom. The van der Waals surface area contributed by atoms with Crippen LogP contribution in [0.2, 0.25) is 5.15 Å². The van der Waals surface area contributed by atoms with Crippen LogP contribution >= 0.6 is 11.6 Å². The third-order valence-corrected chi connectivity index (χ3v) is 5.36. The first-order chi connectivity index (χ1) is 11.1. The number of ether oxygens (including phenoxy) is 1. The van der Waals surface area contributed by atoms with Crippen molar-refractivity contribution in [2.75, 3.05) is 45.9 Å². The number of hydrogen-bond acceptors (Lipinski definition) is 5. The average molecular weight is 343 g/mol. The van der Waals surface area contributed by atoms with Crippen molar-refractivity contribution < 1.29 is 9.84 Å². The van der Waals surface area contributed by atoms with Gasteiger partial charge in [0.25, 0.3) is 0 Å². The van der Waals surface area contributed by atoms with Gasteiger partial charge in [-0.15, -0.1) is 0 Å². The highest BCUT2D eigenvalue weighted by atomic mass is 35.5. The minimum absolute atomic E-state index is 0.274. The van der Waals surface area contributed by atoms with Crippen molar-refractivity contribution in [2.45, 2.75) is 31.9 Å². The molecule has 2 aliphatic rings. The Morgan fingerprint density at radius 1 is 1.30 bits per heavy atom. The molecule has 0 bridgehead atoms. The van der Waals surface area contributed by atoms with Crippen LogP contribution in [0.5, 0.6) is 0 Å². The Labute approximate surface area is 143 Å². The van der Waals surface area contributed by atoms with Crippen LogP contribution in [0.3, 0.4) is 0 Å². The Kier molecular flexibility index (Phi) is 5.59. The van der Waals surface area contributed by atoms with E-state index in [4.69, 9.17) is 16.3 Å². The zero-order chi connectivity index (χ0) is 16.4. The Balaban J connectivity index is 1.62. The van der Waals surface area contributed by atoms with Gasteiger partial charge in [0.1, 0.15) is 5.15 Å². The van der Waals surface area contributed by atoms with Gasteiger partial charge in [-0.3, -0.25) is 14.5 Å². The van der Waals surface area contributed by atoms with Crippen molar-refractivity contribution in [3.63, 3.8) is 0 Å². The van der Waals surface area contributed by atoms with E-state index < -0.39 is 0 Å². The van der Waals surface area contributed by atoms with Crippen molar-refractivity contribution in [1.29, 1.82) is 0 Å². The summed E-state index contributed by atoms with van der Waals surface area (Å²) >= 11 is 6.44. The van der Waals surface area contributed by atoms with Gasteiger partial charge in [-0.2, -0.15) is 5.10 Å². The number of aliphatic hydroxyl groups excluding tert-OH is 1. The lowest BCUT2D eigenvalue weighted by Crippen LogP contribution is -2.44. The van der Waals surface area contributed by atoms with Crippen molar-refractivity contribution in [1.82, 2.24) is 19.6 Å². The Hall–Kier alpha value is -0.660. The van der Waals surface area contributed by atoms with Crippen LogP contribution in [0.4, 0.5) is 0 Å². The van der Waals surface area contributed by atoms with Gasteiger partial charge < -0.3 is 9.84 Å². The van der Waals surface area contributed by atoms with Gasteiger partial charge in [0.15, 0.2) is 0 Å². The molecule has 6 nitrogen and oxygen atoms in total. The van der Waals surface area contributed by atoms with Gasteiger partial charge in [-0.05, 0) is 26.3 Å². The highest BCUT2D eigenvalue weighted by Crippen LogP contribution is 2.37. The number of morpholine rings is 1. The second-order valence-corrected chi connectivity index (χ2v) is 6.99. The van der Waals surface area contributed by atoms with Crippen LogP contribution in [0, 0.1) is 6.92 Å². The molecule has 0 aliphatic carbocycles. The molecule has 0 aromatic carbocycles. The number of aromatic nitrogens is 2. The fourth-order valence-electron chi connectivity index (χ4n) is 3.81. The normalized spacial score (nSPS) is 25.1. The first-order valence-corrected chi connectivity index (χ1v) is 8.85. The second kappa shape index (κ2) is 7.49. The molecule has 0 radical (unpaired) electrons. The van der Waals surface area contributed by atoms with Gasteiger partial charge in [0.05, 0.1) is 25.0 Å². The fraction of sp³-hybridized carbons (Fsp3) is 0.812. The van der Waals surface area contributed by atoms with E-state index in [1.807, 2.05) is 14.0 Å². The zero-order valence-electron chi connectivity index (χ0n) is 14.0. The highest BCUT2D eigenvalue weighted by Gasteiger charge is 2.32. The lowest BCUT2D eigenvalue weighted by molar-refractivity contribution is 0.00583. The fourth-order valence-corrected chi connectivity index (χ4v) is 4.11. The number of aryl methyl sites for hydroxylation is 2. The quantitative estimate of drug-likeness (QED) is 0.871. The lowest BCUT2D eigenvalue weighted by Gasteiger charge is -2.31. The second-order valence-electron chi connectivity index (χ2n) is 6.63. The van der Waals surface area contributed by atoms with E-state index in [1.54, 1.807) is 4.68 Å². The molecule has 1 aromatic heterocycles. The minimum atomic E-state index is -0.343. The molecule has 3 heterocycles. The number of halogens is 1. The molecule has 0 spiro atoms. The molecule has 7 heteroatoms. The van der Waals surface area contributed by atoms with Gasteiger partial charge in [-0.25, -0.2) is 0 Å². The SMILES string of the molecule is Cc1nn(C)c(Cl)c1[C@@H]1CCCN1C[C@@H](O)CN1CCOCC1. The van der Waals surface area contributed by atoms with E-state index in [0.29, 0.717) is 13.1 Å². The van der Waals surface area contributed by atoms with Crippen molar-refractivity contribution >= 4 is 11.6 Å². The molecule has 1 N–H and O–H groups in total.